The highest BCUT2D eigenvalue weighted by molar-refractivity contribution is 6.74. The summed E-state index contributed by atoms with van der Waals surface area (Å²) >= 11 is 0. The predicted octanol–water partition coefficient (Wildman–Crippen LogP) is 9.66. The van der Waals surface area contributed by atoms with Crippen molar-refractivity contribution in [3.63, 3.8) is 0 Å². The van der Waals surface area contributed by atoms with Crippen molar-refractivity contribution in [2.45, 2.75) is 155 Å². The Morgan fingerprint density at radius 1 is 0.679 bits per heavy atom. The molecule has 8 rings (SSSR count). The van der Waals surface area contributed by atoms with Gasteiger partial charge in [-0.05, 0) is 147 Å². The van der Waals surface area contributed by atoms with Crippen LogP contribution in [0.5, 0.6) is 0 Å². The minimum absolute atomic E-state index is 0.00818. The first-order valence-corrected chi connectivity index (χ1v) is 20.8. The Morgan fingerprint density at radius 2 is 1.18 bits per heavy atom. The van der Waals surface area contributed by atoms with Crippen LogP contribution in [0.4, 0.5) is 0 Å². The summed E-state index contributed by atoms with van der Waals surface area (Å²) in [6, 6.07) is 12.7. The van der Waals surface area contributed by atoms with E-state index in [-0.39, 0.29) is 12.5 Å². The van der Waals surface area contributed by atoms with Crippen molar-refractivity contribution in [2.24, 2.45) is 0 Å². The summed E-state index contributed by atoms with van der Waals surface area (Å²) < 4.78 is 42.1. The van der Waals surface area contributed by atoms with Gasteiger partial charge in [0.05, 0.1) is 45.8 Å². The van der Waals surface area contributed by atoms with E-state index in [0.29, 0.717) is 0 Å². The molecule has 2 aromatic carbocycles. The third-order valence-corrected chi connectivity index (χ3v) is 12.5. The average Bonchev–Trinajstić information content (AvgIpc) is 3.90. The highest BCUT2D eigenvalue weighted by Gasteiger charge is 2.56. The number of hydrogen-bond acceptors (Lipinski definition) is 8. The summed E-state index contributed by atoms with van der Waals surface area (Å²) in [6.45, 7) is 22.5. The van der Waals surface area contributed by atoms with Crippen LogP contribution in [0, 0.1) is 11.8 Å². The Hall–Kier alpha value is -3.43. The normalized spacial score (nSPS) is 24.4. The van der Waals surface area contributed by atoms with Crippen molar-refractivity contribution in [3.8, 4) is 11.8 Å². The van der Waals surface area contributed by atoms with Gasteiger partial charge in [0.15, 0.2) is 12.5 Å². The van der Waals surface area contributed by atoms with Crippen LogP contribution < -0.4 is 0 Å². The second kappa shape index (κ2) is 16.1. The van der Waals surface area contributed by atoms with Gasteiger partial charge in [-0.1, -0.05) is 31.8 Å². The predicted molar refractivity (Wildman–Crippen MR) is 224 cm³/mol. The first kappa shape index (κ1) is 40.8. The summed E-state index contributed by atoms with van der Waals surface area (Å²) in [4.78, 5) is 0. The standard InChI is InChI=1S/C28H42B2N2O5.C16H18N2O/c1-10-21(29-34-25(2,3)26(4,5)35-29)24(30-36-27(6,7)28(8,9)37-30)19-14-15-22-20(17-19)18-31-32(22)23-13-11-12-16-33-23;1-2-3-6-13-8-9-15-14(11-13)12-17-18(15)16-7-4-5-10-19-16/h14-15,17-18,23H,10-13,16H2,1-9H3;8-9,11-12,16H,2,4-5,7,10H2,1H3/b24-21-;. The molecule has 0 N–H and O–H groups in total. The molecule has 0 aliphatic carbocycles. The van der Waals surface area contributed by atoms with Gasteiger partial charge in [0.2, 0.25) is 0 Å². The van der Waals surface area contributed by atoms with Gasteiger partial charge in [-0.25, -0.2) is 9.36 Å². The zero-order chi connectivity index (χ0) is 39.9. The van der Waals surface area contributed by atoms with Crippen LogP contribution in [-0.2, 0) is 28.1 Å². The van der Waals surface area contributed by atoms with E-state index < -0.39 is 36.6 Å². The molecule has 12 heteroatoms. The lowest BCUT2D eigenvalue weighted by molar-refractivity contribution is -0.0367. The molecular weight excluding hydrogens is 702 g/mol. The molecule has 0 spiro atoms. The molecule has 4 saturated heterocycles. The Balaban J connectivity index is 0.000000211. The first-order chi connectivity index (χ1) is 26.6. The van der Waals surface area contributed by atoms with Gasteiger partial charge < -0.3 is 28.1 Å². The van der Waals surface area contributed by atoms with Crippen LogP contribution in [0.15, 0.2) is 54.3 Å². The molecule has 6 heterocycles. The van der Waals surface area contributed by atoms with Crippen LogP contribution in [0.25, 0.3) is 27.3 Å². The Kier molecular flexibility index (Phi) is 11.7. The third-order valence-electron chi connectivity index (χ3n) is 12.5. The molecule has 4 fully saturated rings. The smallest absolute Gasteiger partial charge is 0.400 e. The molecule has 0 radical (unpaired) electrons. The Morgan fingerprint density at radius 3 is 1.66 bits per heavy atom. The maximum absolute atomic E-state index is 6.61. The first-order valence-electron chi connectivity index (χ1n) is 20.8. The number of aromatic nitrogens is 4. The lowest BCUT2D eigenvalue weighted by Gasteiger charge is -2.32. The van der Waals surface area contributed by atoms with Crippen LogP contribution in [0.3, 0.4) is 0 Å². The maximum Gasteiger partial charge on any atom is 0.494 e. The molecule has 0 bridgehead atoms. The lowest BCUT2D eigenvalue weighted by atomic mass is 9.61. The molecule has 2 aromatic heterocycles. The van der Waals surface area contributed by atoms with Crippen LogP contribution in [0.2, 0.25) is 0 Å². The van der Waals surface area contributed by atoms with Crippen LogP contribution >= 0.6 is 0 Å². The number of benzene rings is 2. The monoisotopic (exact) mass is 762 g/mol. The van der Waals surface area contributed by atoms with Gasteiger partial charge in [0.25, 0.3) is 0 Å². The van der Waals surface area contributed by atoms with Crippen LogP contribution in [0.1, 0.15) is 144 Å². The number of hydrogen-bond donors (Lipinski definition) is 0. The Labute approximate surface area is 334 Å². The number of nitrogens with zero attached hydrogens (tertiary/aromatic N) is 4. The fourth-order valence-corrected chi connectivity index (χ4v) is 7.74. The zero-order valence-electron chi connectivity index (χ0n) is 35.2. The molecule has 298 valence electrons. The molecule has 56 heavy (non-hydrogen) atoms. The molecule has 2 atom stereocenters. The molecule has 2 unspecified atom stereocenters. The molecule has 4 aliphatic heterocycles. The number of rotatable bonds is 6. The maximum atomic E-state index is 6.61. The molecule has 0 saturated carbocycles. The summed E-state index contributed by atoms with van der Waals surface area (Å²) in [5.41, 5.74) is 4.49. The van der Waals surface area contributed by atoms with Crippen molar-refractivity contribution in [2.75, 3.05) is 13.2 Å². The fraction of sp³-hybridized carbons (Fsp3) is 0.591. The largest absolute Gasteiger partial charge is 0.494 e. The molecular formula is C44H60B2N4O6. The van der Waals surface area contributed by atoms with E-state index in [1.165, 1.54) is 6.42 Å². The quantitative estimate of drug-likeness (QED) is 0.142. The average molecular weight is 763 g/mol. The van der Waals surface area contributed by atoms with E-state index in [1.807, 2.05) is 21.8 Å². The van der Waals surface area contributed by atoms with E-state index in [2.05, 4.69) is 123 Å². The highest BCUT2D eigenvalue weighted by atomic mass is 16.7. The van der Waals surface area contributed by atoms with E-state index in [4.69, 9.17) is 33.2 Å². The third kappa shape index (κ3) is 8.01. The van der Waals surface area contributed by atoms with E-state index >= 15 is 0 Å². The molecule has 4 aromatic rings. The molecule has 10 nitrogen and oxygen atoms in total. The van der Waals surface area contributed by atoms with Gasteiger partial charge in [-0.15, -0.1) is 0 Å². The van der Waals surface area contributed by atoms with Gasteiger partial charge in [-0.2, -0.15) is 10.2 Å². The second-order valence-electron chi connectivity index (χ2n) is 17.5. The minimum atomic E-state index is -0.548. The van der Waals surface area contributed by atoms with Crippen molar-refractivity contribution < 1.29 is 28.1 Å². The highest BCUT2D eigenvalue weighted by Crippen LogP contribution is 2.45. The van der Waals surface area contributed by atoms with Crippen molar-refractivity contribution in [1.82, 2.24) is 19.6 Å². The topological polar surface area (TPSA) is 91.0 Å². The SMILES string of the molecule is CC/C(B1OC(C)(C)C(C)(C)O1)=C(/B1OC(C)(C)C(C)(C)O1)c1ccc2c(cnn2C2CCCCO2)c1.CCC#Cc1ccc2c(cnn2C2CCCCO2)c1. The number of allylic oxidation sites excluding steroid dienone is 1. The number of ether oxygens (including phenoxy) is 2. The fourth-order valence-electron chi connectivity index (χ4n) is 7.74. The second-order valence-corrected chi connectivity index (χ2v) is 17.5. The summed E-state index contributed by atoms with van der Waals surface area (Å²) in [5, 5.41) is 11.4. The lowest BCUT2D eigenvalue weighted by Crippen LogP contribution is -2.41. The van der Waals surface area contributed by atoms with Gasteiger partial charge in [0, 0.05) is 36.0 Å². The van der Waals surface area contributed by atoms with Crippen molar-refractivity contribution >= 4 is 41.5 Å². The van der Waals surface area contributed by atoms with Gasteiger partial charge in [-0.3, -0.25) is 0 Å². The summed E-state index contributed by atoms with van der Waals surface area (Å²) in [5.74, 6) is 6.25. The van der Waals surface area contributed by atoms with E-state index in [9.17, 15) is 0 Å². The zero-order valence-corrected chi connectivity index (χ0v) is 35.2. The summed E-state index contributed by atoms with van der Waals surface area (Å²) in [7, 11) is -1.04. The van der Waals surface area contributed by atoms with Gasteiger partial charge in [0.1, 0.15) is 0 Å². The Bertz CT molecular complexity index is 2080. The minimum Gasteiger partial charge on any atom is -0.400 e. The van der Waals surface area contributed by atoms with E-state index in [1.54, 1.807) is 0 Å². The molecule has 4 aliphatic rings. The molecule has 0 amide bonds. The van der Waals surface area contributed by atoms with Gasteiger partial charge >= 0.3 is 14.2 Å². The van der Waals surface area contributed by atoms with Crippen molar-refractivity contribution in [3.05, 3.63) is 65.4 Å². The van der Waals surface area contributed by atoms with Crippen LogP contribution in [-0.4, -0.2) is 69.4 Å². The summed E-state index contributed by atoms with van der Waals surface area (Å²) in [6.07, 6.45) is 12.2. The van der Waals surface area contributed by atoms with E-state index in [0.717, 1.165) is 102 Å². The number of fused-ring (bicyclic) bond motifs is 2. The van der Waals surface area contributed by atoms with Crippen molar-refractivity contribution in [1.29, 1.82) is 0 Å².